The Hall–Kier alpha value is -3.13. The number of nitrogens with one attached hydrogen (secondary N) is 1. The zero-order chi connectivity index (χ0) is 27.9. The largest absolute Gasteiger partial charge is 0.263 e. The van der Waals surface area contributed by atoms with E-state index in [-0.39, 0.29) is 5.41 Å². The molecule has 4 aromatic rings. The van der Waals surface area contributed by atoms with Crippen LogP contribution in [0.5, 0.6) is 0 Å². The highest BCUT2D eigenvalue weighted by molar-refractivity contribution is 5.33. The Kier molecular flexibility index (Phi) is 12.1. The minimum atomic E-state index is -0.0531. The molecule has 0 spiro atoms. The Balaban J connectivity index is 1.52. The molecular formula is C38H51N2+. The van der Waals surface area contributed by atoms with Gasteiger partial charge in [-0.1, -0.05) is 163 Å². The van der Waals surface area contributed by atoms with Crippen molar-refractivity contribution < 1.29 is 4.57 Å². The van der Waals surface area contributed by atoms with E-state index in [4.69, 9.17) is 0 Å². The number of hydrogen-bond acceptors (Lipinski definition) is 0. The van der Waals surface area contributed by atoms with Crippen molar-refractivity contribution in [2.24, 2.45) is 0 Å². The summed E-state index contributed by atoms with van der Waals surface area (Å²) in [6.45, 7) is 4.79. The van der Waals surface area contributed by atoms with Crippen molar-refractivity contribution in [2.45, 2.75) is 109 Å². The molecule has 2 heteroatoms. The molecule has 0 saturated carbocycles. The van der Waals surface area contributed by atoms with Gasteiger partial charge in [0.05, 0.1) is 5.92 Å². The summed E-state index contributed by atoms with van der Waals surface area (Å²) in [5.41, 5.74) is 3.98. The molecule has 1 N–H and O–H groups in total. The lowest BCUT2D eigenvalue weighted by Gasteiger charge is -2.37. The molecule has 0 radical (unpaired) electrons. The maximum absolute atomic E-state index is 3.72. The SMILES string of the molecule is CCCCCCCCCCCCCC(c1[nH]cc[n+]1-c1ccccc1)C(C)(Cc1ccccc1)c1ccccc1. The molecular weight excluding hydrogens is 484 g/mol. The summed E-state index contributed by atoms with van der Waals surface area (Å²) in [4.78, 5) is 3.72. The van der Waals surface area contributed by atoms with Gasteiger partial charge in [-0.05, 0) is 36.1 Å². The third-order valence-corrected chi connectivity index (χ3v) is 8.79. The van der Waals surface area contributed by atoms with Crippen LogP contribution in [0.2, 0.25) is 0 Å². The van der Waals surface area contributed by atoms with Gasteiger partial charge in [-0.2, -0.15) is 4.57 Å². The lowest BCUT2D eigenvalue weighted by atomic mass is 9.66. The summed E-state index contributed by atoms with van der Waals surface area (Å²) in [5.74, 6) is 1.66. The van der Waals surface area contributed by atoms with Crippen LogP contribution in [0.1, 0.15) is 114 Å². The first kappa shape index (κ1) is 29.8. The third kappa shape index (κ3) is 8.43. The highest BCUT2D eigenvalue weighted by Crippen LogP contribution is 2.43. The number of nitrogens with zero attached hydrogens (tertiary/aromatic N) is 1. The minimum Gasteiger partial charge on any atom is -0.247 e. The molecule has 0 amide bonds. The number of aromatic amines is 1. The van der Waals surface area contributed by atoms with E-state index in [2.05, 4.69) is 127 Å². The number of rotatable bonds is 18. The van der Waals surface area contributed by atoms with Crippen molar-refractivity contribution in [3.8, 4) is 5.69 Å². The molecule has 40 heavy (non-hydrogen) atoms. The van der Waals surface area contributed by atoms with Gasteiger partial charge in [0.1, 0.15) is 18.1 Å². The van der Waals surface area contributed by atoms with Gasteiger partial charge in [0.15, 0.2) is 0 Å². The van der Waals surface area contributed by atoms with Gasteiger partial charge >= 0.3 is 0 Å². The summed E-state index contributed by atoms with van der Waals surface area (Å²) < 4.78 is 2.38. The molecule has 0 saturated heterocycles. The van der Waals surface area contributed by atoms with E-state index in [1.807, 2.05) is 0 Å². The number of H-pyrrole nitrogens is 1. The van der Waals surface area contributed by atoms with E-state index in [1.54, 1.807) is 0 Å². The van der Waals surface area contributed by atoms with Crippen LogP contribution in [0, 0.1) is 0 Å². The predicted octanol–water partition coefficient (Wildman–Crippen LogP) is 10.3. The lowest BCUT2D eigenvalue weighted by Crippen LogP contribution is -2.42. The van der Waals surface area contributed by atoms with Crippen LogP contribution in [-0.4, -0.2) is 4.98 Å². The monoisotopic (exact) mass is 535 g/mol. The number of aromatic nitrogens is 2. The molecule has 1 heterocycles. The molecule has 3 aromatic carbocycles. The molecule has 0 aliphatic heterocycles. The van der Waals surface area contributed by atoms with Gasteiger partial charge in [-0.25, -0.2) is 4.98 Å². The average Bonchev–Trinajstić information content (AvgIpc) is 3.48. The average molecular weight is 536 g/mol. The highest BCUT2D eigenvalue weighted by Gasteiger charge is 2.42. The first-order valence-electron chi connectivity index (χ1n) is 16.0. The van der Waals surface area contributed by atoms with Crippen molar-refractivity contribution in [1.82, 2.24) is 4.98 Å². The first-order valence-corrected chi connectivity index (χ1v) is 16.0. The van der Waals surface area contributed by atoms with E-state index < -0.39 is 0 Å². The number of hydrogen-bond donors (Lipinski definition) is 1. The number of unbranched alkanes of at least 4 members (excludes halogenated alkanes) is 10. The van der Waals surface area contributed by atoms with Crippen LogP contribution >= 0.6 is 0 Å². The van der Waals surface area contributed by atoms with Crippen LogP contribution < -0.4 is 4.57 Å². The van der Waals surface area contributed by atoms with E-state index >= 15 is 0 Å². The van der Waals surface area contributed by atoms with Crippen molar-refractivity contribution in [1.29, 1.82) is 0 Å². The van der Waals surface area contributed by atoms with Crippen LogP contribution in [-0.2, 0) is 11.8 Å². The standard InChI is InChI=1S/C38H50N2/c1-3-4-5-6-7-8-9-10-11-12-22-29-36(37-39-30-31-40(37)35-27-20-15-21-28-35)38(2,34-25-18-14-19-26-34)32-33-23-16-13-17-24-33/h13-21,23-28,30-31,36H,3-12,22,29,32H2,1-2H3/p+1. The number of imidazole rings is 1. The second kappa shape index (κ2) is 16.2. The van der Waals surface area contributed by atoms with Crippen LogP contribution in [0.25, 0.3) is 5.69 Å². The number of para-hydroxylation sites is 1. The minimum absolute atomic E-state index is 0.0531. The van der Waals surface area contributed by atoms with E-state index in [9.17, 15) is 0 Å². The van der Waals surface area contributed by atoms with E-state index in [0.717, 1.165) is 6.42 Å². The topological polar surface area (TPSA) is 19.7 Å². The second-order valence-electron chi connectivity index (χ2n) is 11.9. The van der Waals surface area contributed by atoms with Crippen molar-refractivity contribution in [3.05, 3.63) is 120 Å². The molecule has 0 fully saturated rings. The molecule has 212 valence electrons. The maximum atomic E-state index is 3.72. The van der Waals surface area contributed by atoms with Gasteiger partial charge in [0.25, 0.3) is 5.82 Å². The molecule has 0 aliphatic carbocycles. The Morgan fingerprint density at radius 1 is 0.650 bits per heavy atom. The molecule has 2 atom stereocenters. The predicted molar refractivity (Wildman–Crippen MR) is 170 cm³/mol. The molecule has 2 nitrogen and oxygen atoms in total. The fraction of sp³-hybridized carbons (Fsp3) is 0.447. The normalized spacial score (nSPS) is 13.7. The Morgan fingerprint density at radius 3 is 1.77 bits per heavy atom. The number of benzene rings is 3. The summed E-state index contributed by atoms with van der Waals surface area (Å²) in [7, 11) is 0. The fourth-order valence-corrected chi connectivity index (χ4v) is 6.46. The third-order valence-electron chi connectivity index (χ3n) is 8.79. The van der Waals surface area contributed by atoms with Gasteiger partial charge in [-0.15, -0.1) is 0 Å². The Labute approximate surface area is 243 Å². The molecule has 0 bridgehead atoms. The molecule has 0 aliphatic rings. The second-order valence-corrected chi connectivity index (χ2v) is 11.9. The quantitative estimate of drug-likeness (QED) is 0.0966. The van der Waals surface area contributed by atoms with Gasteiger partial charge < -0.3 is 0 Å². The maximum Gasteiger partial charge on any atom is 0.263 e. The van der Waals surface area contributed by atoms with Crippen molar-refractivity contribution in [3.63, 3.8) is 0 Å². The fourth-order valence-electron chi connectivity index (χ4n) is 6.46. The first-order chi connectivity index (χ1) is 19.7. The highest BCUT2D eigenvalue weighted by atomic mass is 15.1. The molecule has 1 aromatic heterocycles. The summed E-state index contributed by atoms with van der Waals surface area (Å²) >= 11 is 0. The van der Waals surface area contributed by atoms with Gasteiger partial charge in [0, 0.05) is 5.41 Å². The molecule has 2 unspecified atom stereocenters. The molecule has 4 rings (SSSR count). The van der Waals surface area contributed by atoms with Gasteiger partial charge in [0.2, 0.25) is 0 Å². The Bertz CT molecular complexity index is 1200. The summed E-state index contributed by atoms with van der Waals surface area (Å²) in [6.07, 6.45) is 21.6. The summed E-state index contributed by atoms with van der Waals surface area (Å²) in [6, 6.07) is 33.1. The van der Waals surface area contributed by atoms with Crippen molar-refractivity contribution in [2.75, 3.05) is 0 Å². The smallest absolute Gasteiger partial charge is 0.247 e. The van der Waals surface area contributed by atoms with Crippen LogP contribution in [0.4, 0.5) is 0 Å². The van der Waals surface area contributed by atoms with Crippen LogP contribution in [0.3, 0.4) is 0 Å². The zero-order valence-corrected chi connectivity index (χ0v) is 25.0. The van der Waals surface area contributed by atoms with Gasteiger partial charge in [-0.3, -0.25) is 0 Å². The van der Waals surface area contributed by atoms with E-state index in [1.165, 1.54) is 99.7 Å². The zero-order valence-electron chi connectivity index (χ0n) is 25.0. The summed E-state index contributed by atoms with van der Waals surface area (Å²) in [5, 5.41) is 0. The lowest BCUT2D eigenvalue weighted by molar-refractivity contribution is -0.605. The van der Waals surface area contributed by atoms with Crippen LogP contribution in [0.15, 0.2) is 103 Å². The van der Waals surface area contributed by atoms with Crippen molar-refractivity contribution >= 4 is 0 Å². The van der Waals surface area contributed by atoms with E-state index in [0.29, 0.717) is 5.92 Å². The Morgan fingerprint density at radius 2 is 1.18 bits per heavy atom.